The molecular formula is C23H21ClN4O3. The molecular weight excluding hydrogens is 416 g/mol. The number of ether oxygens (including phenoxy) is 1. The number of hydrogen-bond acceptors (Lipinski definition) is 5. The van der Waals surface area contributed by atoms with Crippen LogP contribution in [0.15, 0.2) is 65.3 Å². The van der Waals surface area contributed by atoms with Gasteiger partial charge in [0.2, 0.25) is 0 Å². The Bertz CT molecular complexity index is 1200. The standard InChI is InChI=1S/C23H21ClN4O3/c1-15-7-9-17(10-8-15)13-28-12-11-21(26-28)25-23(29)22-18(16(2)31-27-22)14-30-20-6-4-3-5-19(20)24/h3-12H,13-14H2,1-2H3,(H,25,26,29). The molecule has 4 rings (SSSR count). The Labute approximate surface area is 184 Å². The maximum absolute atomic E-state index is 12.8. The average Bonchev–Trinajstić information content (AvgIpc) is 3.35. The zero-order valence-corrected chi connectivity index (χ0v) is 17.9. The molecule has 0 saturated heterocycles. The predicted octanol–water partition coefficient (Wildman–Crippen LogP) is 5.02. The summed E-state index contributed by atoms with van der Waals surface area (Å²) in [7, 11) is 0. The first-order valence-electron chi connectivity index (χ1n) is 9.72. The summed E-state index contributed by atoms with van der Waals surface area (Å²) in [5.41, 5.74) is 3.03. The van der Waals surface area contributed by atoms with Crippen molar-refractivity contribution in [3.05, 3.63) is 94.0 Å². The first-order valence-corrected chi connectivity index (χ1v) is 10.1. The van der Waals surface area contributed by atoms with E-state index in [0.717, 1.165) is 5.56 Å². The van der Waals surface area contributed by atoms with Gasteiger partial charge in [0.25, 0.3) is 5.91 Å². The lowest BCUT2D eigenvalue weighted by molar-refractivity contribution is 0.101. The molecule has 2 aromatic carbocycles. The fourth-order valence-corrected chi connectivity index (χ4v) is 3.21. The van der Waals surface area contributed by atoms with Gasteiger partial charge in [0, 0.05) is 12.3 Å². The minimum atomic E-state index is -0.421. The lowest BCUT2D eigenvalue weighted by Gasteiger charge is -2.08. The summed E-state index contributed by atoms with van der Waals surface area (Å²) < 4.78 is 12.7. The van der Waals surface area contributed by atoms with Crippen LogP contribution in [0.1, 0.15) is 32.9 Å². The molecule has 0 fully saturated rings. The van der Waals surface area contributed by atoms with E-state index in [9.17, 15) is 4.79 Å². The fourth-order valence-electron chi connectivity index (χ4n) is 3.02. The lowest BCUT2D eigenvalue weighted by Crippen LogP contribution is -2.16. The van der Waals surface area contributed by atoms with Crippen molar-refractivity contribution in [2.75, 3.05) is 5.32 Å². The lowest BCUT2D eigenvalue weighted by atomic mass is 10.1. The molecule has 1 N–H and O–H groups in total. The number of amides is 1. The summed E-state index contributed by atoms with van der Waals surface area (Å²) in [6.45, 7) is 4.48. The van der Waals surface area contributed by atoms with Crippen molar-refractivity contribution >= 4 is 23.3 Å². The number of nitrogens with zero attached hydrogens (tertiary/aromatic N) is 3. The second kappa shape index (κ2) is 9.06. The monoisotopic (exact) mass is 436 g/mol. The second-order valence-corrected chi connectivity index (χ2v) is 7.53. The van der Waals surface area contributed by atoms with Gasteiger partial charge in [-0.3, -0.25) is 9.48 Å². The van der Waals surface area contributed by atoms with E-state index in [4.69, 9.17) is 20.9 Å². The molecule has 0 unspecified atom stereocenters. The molecule has 158 valence electrons. The number of halogens is 1. The van der Waals surface area contributed by atoms with E-state index in [0.29, 0.717) is 34.5 Å². The first kappa shape index (κ1) is 20.7. The van der Waals surface area contributed by atoms with Crippen LogP contribution in [0.5, 0.6) is 5.75 Å². The Kier molecular flexibility index (Phi) is 6.04. The number of carbonyl (C=O) groups excluding carboxylic acids is 1. The van der Waals surface area contributed by atoms with Crippen molar-refractivity contribution in [1.29, 1.82) is 0 Å². The summed E-state index contributed by atoms with van der Waals surface area (Å²) in [6, 6.07) is 17.1. The number of para-hydroxylation sites is 1. The first-order chi connectivity index (χ1) is 15.0. The molecule has 0 radical (unpaired) electrons. The molecule has 0 spiro atoms. The molecule has 0 atom stereocenters. The van der Waals surface area contributed by atoms with Crippen molar-refractivity contribution in [3.8, 4) is 5.75 Å². The highest BCUT2D eigenvalue weighted by Crippen LogP contribution is 2.25. The predicted molar refractivity (Wildman–Crippen MR) is 117 cm³/mol. The normalized spacial score (nSPS) is 10.8. The summed E-state index contributed by atoms with van der Waals surface area (Å²) in [5, 5.41) is 11.6. The Morgan fingerprint density at radius 3 is 2.68 bits per heavy atom. The van der Waals surface area contributed by atoms with Gasteiger partial charge in [-0.05, 0) is 31.5 Å². The molecule has 0 saturated carbocycles. The third kappa shape index (κ3) is 4.95. The van der Waals surface area contributed by atoms with E-state index in [2.05, 4.69) is 39.8 Å². The maximum atomic E-state index is 12.8. The maximum Gasteiger partial charge on any atom is 0.279 e. The van der Waals surface area contributed by atoms with Crippen molar-refractivity contribution in [1.82, 2.24) is 14.9 Å². The van der Waals surface area contributed by atoms with Crippen LogP contribution in [-0.2, 0) is 13.2 Å². The summed E-state index contributed by atoms with van der Waals surface area (Å²) in [5.74, 6) is 1.03. The smallest absolute Gasteiger partial charge is 0.279 e. The zero-order valence-electron chi connectivity index (χ0n) is 17.1. The fraction of sp³-hybridized carbons (Fsp3) is 0.174. The molecule has 31 heavy (non-hydrogen) atoms. The van der Waals surface area contributed by atoms with Gasteiger partial charge in [0.05, 0.1) is 17.1 Å². The van der Waals surface area contributed by atoms with Gasteiger partial charge in [-0.15, -0.1) is 0 Å². The van der Waals surface area contributed by atoms with E-state index < -0.39 is 5.91 Å². The van der Waals surface area contributed by atoms with Crippen LogP contribution in [0.4, 0.5) is 5.82 Å². The van der Waals surface area contributed by atoms with Crippen LogP contribution < -0.4 is 10.1 Å². The van der Waals surface area contributed by atoms with Crippen molar-refractivity contribution in [2.24, 2.45) is 0 Å². The Morgan fingerprint density at radius 1 is 1.13 bits per heavy atom. The van der Waals surface area contributed by atoms with Crippen LogP contribution in [-0.4, -0.2) is 20.8 Å². The number of hydrogen-bond donors (Lipinski definition) is 1. The van der Waals surface area contributed by atoms with Crippen molar-refractivity contribution in [3.63, 3.8) is 0 Å². The van der Waals surface area contributed by atoms with Gasteiger partial charge in [0.1, 0.15) is 18.1 Å². The topological polar surface area (TPSA) is 82.2 Å². The van der Waals surface area contributed by atoms with E-state index >= 15 is 0 Å². The van der Waals surface area contributed by atoms with Gasteiger partial charge < -0.3 is 14.6 Å². The van der Waals surface area contributed by atoms with Crippen molar-refractivity contribution in [2.45, 2.75) is 27.0 Å². The van der Waals surface area contributed by atoms with Gasteiger partial charge >= 0.3 is 0 Å². The van der Waals surface area contributed by atoms with E-state index in [1.54, 1.807) is 29.8 Å². The quantitative estimate of drug-likeness (QED) is 0.439. The number of rotatable bonds is 7. The minimum absolute atomic E-state index is 0.101. The van der Waals surface area contributed by atoms with Crippen LogP contribution in [0.2, 0.25) is 5.02 Å². The highest BCUT2D eigenvalue weighted by atomic mass is 35.5. The summed E-state index contributed by atoms with van der Waals surface area (Å²) >= 11 is 6.13. The molecule has 0 aliphatic carbocycles. The SMILES string of the molecule is Cc1ccc(Cn2ccc(NC(=O)c3noc(C)c3COc3ccccc3Cl)n2)cc1. The van der Waals surface area contributed by atoms with E-state index in [1.807, 2.05) is 25.3 Å². The van der Waals surface area contributed by atoms with Gasteiger partial charge in [-0.25, -0.2) is 0 Å². The molecule has 2 heterocycles. The Hall–Kier alpha value is -3.58. The third-order valence-corrected chi connectivity index (χ3v) is 5.07. The van der Waals surface area contributed by atoms with E-state index in [1.165, 1.54) is 5.56 Å². The number of aromatic nitrogens is 3. The third-order valence-electron chi connectivity index (χ3n) is 4.76. The minimum Gasteiger partial charge on any atom is -0.487 e. The number of carbonyl (C=O) groups is 1. The highest BCUT2D eigenvalue weighted by molar-refractivity contribution is 6.32. The zero-order chi connectivity index (χ0) is 21.8. The molecule has 7 nitrogen and oxygen atoms in total. The average molecular weight is 437 g/mol. The van der Waals surface area contributed by atoms with Gasteiger partial charge in [-0.2, -0.15) is 5.10 Å². The molecule has 8 heteroatoms. The summed E-state index contributed by atoms with van der Waals surface area (Å²) in [4.78, 5) is 12.8. The van der Waals surface area contributed by atoms with Crippen LogP contribution in [0, 0.1) is 13.8 Å². The number of nitrogens with one attached hydrogen (secondary N) is 1. The summed E-state index contributed by atoms with van der Waals surface area (Å²) in [6.07, 6.45) is 1.81. The molecule has 0 aliphatic heterocycles. The molecule has 2 aromatic heterocycles. The van der Waals surface area contributed by atoms with Crippen LogP contribution in [0.3, 0.4) is 0 Å². The largest absolute Gasteiger partial charge is 0.487 e. The molecule has 0 aliphatic rings. The number of benzene rings is 2. The number of aryl methyl sites for hydroxylation is 2. The van der Waals surface area contributed by atoms with Crippen molar-refractivity contribution < 1.29 is 14.1 Å². The van der Waals surface area contributed by atoms with E-state index in [-0.39, 0.29) is 12.3 Å². The Balaban J connectivity index is 1.43. The van der Waals surface area contributed by atoms with Gasteiger partial charge in [0.15, 0.2) is 11.5 Å². The molecule has 0 bridgehead atoms. The van der Waals surface area contributed by atoms with Crippen LogP contribution in [0.25, 0.3) is 0 Å². The molecule has 4 aromatic rings. The second-order valence-electron chi connectivity index (χ2n) is 7.12. The molecule has 1 amide bonds. The highest BCUT2D eigenvalue weighted by Gasteiger charge is 2.21. The van der Waals surface area contributed by atoms with Crippen LogP contribution >= 0.6 is 11.6 Å². The Morgan fingerprint density at radius 2 is 1.90 bits per heavy atom. The van der Waals surface area contributed by atoms with Gasteiger partial charge in [-0.1, -0.05) is 58.7 Å². The number of anilines is 1.